The van der Waals surface area contributed by atoms with E-state index in [0.29, 0.717) is 11.4 Å². The van der Waals surface area contributed by atoms with E-state index in [1.807, 2.05) is 35.0 Å². The smallest absolute Gasteiger partial charge is 0.335 e. The molecule has 3 aromatic rings. The predicted molar refractivity (Wildman–Crippen MR) is 87.6 cm³/mol. The lowest BCUT2D eigenvalue weighted by atomic mass is 10.1. The van der Waals surface area contributed by atoms with Crippen LogP contribution in [0.1, 0.15) is 15.9 Å². The molecule has 0 aliphatic rings. The lowest BCUT2D eigenvalue weighted by Crippen LogP contribution is -1.98. The number of aromatic carboxylic acids is 1. The first-order valence-corrected chi connectivity index (χ1v) is 7.45. The van der Waals surface area contributed by atoms with Crippen molar-refractivity contribution in [3.8, 4) is 11.4 Å². The van der Waals surface area contributed by atoms with Crippen molar-refractivity contribution in [2.75, 3.05) is 0 Å². The fourth-order valence-electron chi connectivity index (χ4n) is 2.27. The summed E-state index contributed by atoms with van der Waals surface area (Å²) in [4.78, 5) is 19.5. The molecule has 5 nitrogen and oxygen atoms in total. The average molecular weight is 328 g/mol. The van der Waals surface area contributed by atoms with Crippen LogP contribution >= 0.6 is 11.6 Å². The number of hydrogen-bond acceptors (Lipinski definition) is 3. The molecule has 0 saturated heterocycles. The van der Waals surface area contributed by atoms with Crippen LogP contribution in [0.25, 0.3) is 11.4 Å². The number of imidazole rings is 1. The van der Waals surface area contributed by atoms with Crippen LogP contribution in [0, 0.1) is 0 Å². The predicted octanol–water partition coefficient (Wildman–Crippen LogP) is 3.54. The first-order chi connectivity index (χ1) is 11.1. The van der Waals surface area contributed by atoms with E-state index in [1.54, 1.807) is 6.33 Å². The van der Waals surface area contributed by atoms with Crippen LogP contribution < -0.4 is 0 Å². The van der Waals surface area contributed by atoms with Crippen molar-refractivity contribution in [3.05, 3.63) is 71.3 Å². The number of carboxylic acids is 1. The maximum atomic E-state index is 11.0. The molecule has 0 unspecified atom stereocenters. The zero-order chi connectivity index (χ0) is 16.2. The van der Waals surface area contributed by atoms with Gasteiger partial charge in [-0.05, 0) is 36.2 Å². The van der Waals surface area contributed by atoms with Gasteiger partial charge >= 0.3 is 5.97 Å². The molecule has 0 fully saturated rings. The van der Waals surface area contributed by atoms with Crippen LogP contribution in [0.3, 0.4) is 0 Å². The number of aryl methyl sites for hydroxylation is 2. The number of hydrogen-bond donors (Lipinski definition) is 1. The van der Waals surface area contributed by atoms with Crippen molar-refractivity contribution >= 4 is 17.6 Å². The van der Waals surface area contributed by atoms with Gasteiger partial charge in [0, 0.05) is 24.0 Å². The van der Waals surface area contributed by atoms with Gasteiger partial charge in [-0.1, -0.05) is 23.7 Å². The minimum atomic E-state index is -0.978. The first-order valence-electron chi connectivity index (χ1n) is 7.08. The summed E-state index contributed by atoms with van der Waals surface area (Å²) in [6.07, 6.45) is 5.89. The highest BCUT2D eigenvalue weighted by Gasteiger charge is 2.08. The summed E-state index contributed by atoms with van der Waals surface area (Å²) in [5, 5.41) is 9.76. The lowest BCUT2D eigenvalue weighted by molar-refractivity contribution is 0.0697. The Morgan fingerprint density at radius 2 is 2.04 bits per heavy atom. The Kier molecular flexibility index (Phi) is 4.39. The highest BCUT2D eigenvalue weighted by Crippen LogP contribution is 2.16. The maximum Gasteiger partial charge on any atom is 0.335 e. The summed E-state index contributed by atoms with van der Waals surface area (Å²) in [7, 11) is 0. The second kappa shape index (κ2) is 6.62. The molecule has 2 heterocycles. The molecule has 3 rings (SSSR count). The van der Waals surface area contributed by atoms with Crippen molar-refractivity contribution < 1.29 is 9.90 Å². The van der Waals surface area contributed by atoms with Crippen LogP contribution in [-0.2, 0) is 13.0 Å². The number of carbonyl (C=O) groups is 1. The topological polar surface area (TPSA) is 68.0 Å². The zero-order valence-electron chi connectivity index (χ0n) is 12.2. The zero-order valence-corrected chi connectivity index (χ0v) is 12.9. The third-order valence-corrected chi connectivity index (χ3v) is 3.69. The molecule has 1 N–H and O–H groups in total. The fourth-order valence-corrected chi connectivity index (χ4v) is 2.48. The number of rotatable bonds is 5. The Morgan fingerprint density at radius 1 is 1.17 bits per heavy atom. The number of aromatic nitrogens is 3. The Bertz CT molecular complexity index is 845. The van der Waals surface area contributed by atoms with E-state index < -0.39 is 5.97 Å². The van der Waals surface area contributed by atoms with Crippen LogP contribution in [0.4, 0.5) is 0 Å². The van der Waals surface area contributed by atoms with Gasteiger partial charge in [-0.2, -0.15) is 0 Å². The van der Waals surface area contributed by atoms with E-state index in [-0.39, 0.29) is 5.56 Å². The number of pyridine rings is 1. The molecule has 0 bridgehead atoms. The van der Waals surface area contributed by atoms with E-state index in [0.717, 1.165) is 23.6 Å². The molecule has 2 aromatic heterocycles. The highest BCUT2D eigenvalue weighted by molar-refractivity contribution is 6.30. The molecular weight excluding hydrogens is 314 g/mol. The van der Waals surface area contributed by atoms with Gasteiger partial charge < -0.3 is 9.67 Å². The first kappa shape index (κ1) is 15.2. The second-order valence-corrected chi connectivity index (χ2v) is 5.55. The van der Waals surface area contributed by atoms with Gasteiger partial charge in [-0.25, -0.2) is 9.78 Å². The van der Waals surface area contributed by atoms with Crippen LogP contribution in [0.2, 0.25) is 5.02 Å². The summed E-state index contributed by atoms with van der Waals surface area (Å²) < 4.78 is 1.95. The van der Waals surface area contributed by atoms with E-state index in [9.17, 15) is 4.79 Å². The van der Waals surface area contributed by atoms with E-state index in [1.165, 1.54) is 18.3 Å². The molecule has 0 saturated carbocycles. The van der Waals surface area contributed by atoms with Crippen molar-refractivity contribution in [2.45, 2.75) is 13.0 Å². The van der Waals surface area contributed by atoms with Crippen molar-refractivity contribution in [2.24, 2.45) is 0 Å². The van der Waals surface area contributed by atoms with Gasteiger partial charge in [0.1, 0.15) is 5.69 Å². The Balaban J connectivity index is 1.73. The number of halogens is 1. The molecule has 0 aliphatic heterocycles. The second-order valence-electron chi connectivity index (χ2n) is 5.11. The molecule has 1 aromatic carbocycles. The van der Waals surface area contributed by atoms with Gasteiger partial charge in [-0.3, -0.25) is 4.98 Å². The van der Waals surface area contributed by atoms with E-state index in [2.05, 4.69) is 9.97 Å². The molecule has 0 spiro atoms. The number of nitrogens with zero attached hydrogens (tertiary/aromatic N) is 3. The molecule has 6 heteroatoms. The molecule has 0 amide bonds. The quantitative estimate of drug-likeness (QED) is 0.778. The minimum absolute atomic E-state index is 0.198. The average Bonchev–Trinajstić information content (AvgIpc) is 3.02. The molecular formula is C17H14ClN3O2. The third kappa shape index (κ3) is 3.76. The van der Waals surface area contributed by atoms with E-state index in [4.69, 9.17) is 16.7 Å². The summed E-state index contributed by atoms with van der Waals surface area (Å²) in [5.41, 5.74) is 2.55. The molecule has 23 heavy (non-hydrogen) atoms. The number of carboxylic acid groups (broad SMARTS) is 1. The molecule has 0 aliphatic carbocycles. The standard InChI is InChI=1S/C17H14ClN3O2/c18-14-3-1-2-12(8-14)5-7-21-10-16(20-11-21)15-9-13(17(22)23)4-6-19-15/h1-4,6,8-11H,5,7H2,(H,22,23). The van der Waals surface area contributed by atoms with E-state index >= 15 is 0 Å². The molecule has 0 radical (unpaired) electrons. The summed E-state index contributed by atoms with van der Waals surface area (Å²) in [6.45, 7) is 0.756. The van der Waals surface area contributed by atoms with Crippen molar-refractivity contribution in [1.82, 2.24) is 14.5 Å². The number of benzene rings is 1. The normalized spacial score (nSPS) is 10.7. The van der Waals surface area contributed by atoms with Crippen LogP contribution in [-0.4, -0.2) is 25.6 Å². The van der Waals surface area contributed by atoms with Gasteiger partial charge in [-0.15, -0.1) is 0 Å². The third-order valence-electron chi connectivity index (χ3n) is 3.45. The van der Waals surface area contributed by atoms with Crippen molar-refractivity contribution in [1.29, 1.82) is 0 Å². The monoisotopic (exact) mass is 327 g/mol. The Labute approximate surface area is 138 Å². The summed E-state index contributed by atoms with van der Waals surface area (Å²) in [5.74, 6) is -0.978. The Morgan fingerprint density at radius 3 is 2.83 bits per heavy atom. The van der Waals surface area contributed by atoms with Crippen LogP contribution in [0.5, 0.6) is 0 Å². The van der Waals surface area contributed by atoms with Gasteiger partial charge in [0.25, 0.3) is 0 Å². The molecule has 0 atom stereocenters. The van der Waals surface area contributed by atoms with Gasteiger partial charge in [0.2, 0.25) is 0 Å². The molecule has 116 valence electrons. The van der Waals surface area contributed by atoms with Gasteiger partial charge in [0.15, 0.2) is 0 Å². The summed E-state index contributed by atoms with van der Waals surface area (Å²) >= 11 is 5.98. The van der Waals surface area contributed by atoms with Crippen molar-refractivity contribution in [3.63, 3.8) is 0 Å². The summed E-state index contributed by atoms with van der Waals surface area (Å²) in [6, 6.07) is 10.7. The van der Waals surface area contributed by atoms with Gasteiger partial charge in [0.05, 0.1) is 17.6 Å². The van der Waals surface area contributed by atoms with Crippen LogP contribution in [0.15, 0.2) is 55.1 Å². The SMILES string of the molecule is O=C(O)c1ccnc(-c2cn(CCc3cccc(Cl)c3)cn2)c1. The maximum absolute atomic E-state index is 11.0. The Hall–Kier alpha value is -2.66. The fraction of sp³-hybridized carbons (Fsp3) is 0.118. The lowest BCUT2D eigenvalue weighted by Gasteiger charge is -2.03. The minimum Gasteiger partial charge on any atom is -0.478 e. The largest absolute Gasteiger partial charge is 0.478 e. The highest BCUT2D eigenvalue weighted by atomic mass is 35.5.